The molecule has 0 spiro atoms. The minimum Gasteiger partial charge on any atom is -0.480 e. The molecule has 1 aromatic rings. The molecule has 20 heavy (non-hydrogen) atoms. The summed E-state index contributed by atoms with van der Waals surface area (Å²) in [5.41, 5.74) is 0. The van der Waals surface area contributed by atoms with Crippen molar-refractivity contribution in [1.82, 2.24) is 4.72 Å². The van der Waals surface area contributed by atoms with Gasteiger partial charge in [-0.3, -0.25) is 4.79 Å². The summed E-state index contributed by atoms with van der Waals surface area (Å²) in [7, 11) is -2.62. The lowest BCUT2D eigenvalue weighted by Crippen LogP contribution is -2.41. The number of rotatable bonds is 7. The molecule has 1 rings (SSSR count). The van der Waals surface area contributed by atoms with E-state index in [9.17, 15) is 13.2 Å². The van der Waals surface area contributed by atoms with Crippen molar-refractivity contribution in [3.8, 4) is 0 Å². The predicted octanol–water partition coefficient (Wildman–Crippen LogP) is 1.87. The highest BCUT2D eigenvalue weighted by molar-refractivity contribution is 9.10. The highest BCUT2D eigenvalue weighted by Crippen LogP contribution is 2.25. The van der Waals surface area contributed by atoms with Gasteiger partial charge in [0.25, 0.3) is 0 Å². The van der Waals surface area contributed by atoms with Crippen LogP contribution in [0.5, 0.6) is 0 Å². The Morgan fingerprint density at radius 2 is 2.20 bits per heavy atom. The Kier molecular flexibility index (Phi) is 6.41. The van der Waals surface area contributed by atoms with Gasteiger partial charge in [-0.15, -0.1) is 0 Å². The quantitative estimate of drug-likeness (QED) is 0.746. The molecule has 112 valence electrons. The van der Waals surface area contributed by atoms with Crippen molar-refractivity contribution in [3.63, 3.8) is 0 Å². The van der Waals surface area contributed by atoms with Crippen LogP contribution in [0.15, 0.2) is 27.6 Å². The van der Waals surface area contributed by atoms with Gasteiger partial charge in [-0.1, -0.05) is 27.5 Å². The van der Waals surface area contributed by atoms with E-state index in [0.717, 1.165) is 0 Å². The van der Waals surface area contributed by atoms with Crippen molar-refractivity contribution < 1.29 is 23.1 Å². The standard InChI is InChI=1S/C11H13BrClNO5S/c1-19-5-4-9(11(15)16)14-20(17,18)10-3-2-7(12)6-8(10)13/h2-3,6,9,14H,4-5H2,1H3,(H,15,16). The number of hydrogen-bond donors (Lipinski definition) is 2. The van der Waals surface area contributed by atoms with Crippen molar-refractivity contribution in [2.75, 3.05) is 13.7 Å². The fourth-order valence-corrected chi connectivity index (χ4v) is 3.67. The Bertz CT molecular complexity index is 592. The predicted molar refractivity (Wildman–Crippen MR) is 77.4 cm³/mol. The van der Waals surface area contributed by atoms with Gasteiger partial charge >= 0.3 is 5.97 Å². The Hall–Kier alpha value is -0.670. The van der Waals surface area contributed by atoms with E-state index in [1.165, 1.54) is 25.3 Å². The molecule has 0 fully saturated rings. The number of nitrogens with one attached hydrogen (secondary N) is 1. The average Bonchev–Trinajstić information content (AvgIpc) is 2.33. The lowest BCUT2D eigenvalue weighted by Gasteiger charge is -2.15. The molecule has 2 N–H and O–H groups in total. The Labute approximate surface area is 130 Å². The number of aliphatic carboxylic acids is 1. The Balaban J connectivity index is 3.00. The molecule has 0 bridgehead atoms. The first kappa shape index (κ1) is 17.4. The van der Waals surface area contributed by atoms with Gasteiger partial charge in [-0.25, -0.2) is 8.42 Å². The van der Waals surface area contributed by atoms with E-state index in [1.807, 2.05) is 0 Å². The van der Waals surface area contributed by atoms with Crippen molar-refractivity contribution in [3.05, 3.63) is 27.7 Å². The fourth-order valence-electron chi connectivity index (χ4n) is 1.41. The summed E-state index contributed by atoms with van der Waals surface area (Å²) in [5.74, 6) is -1.28. The zero-order valence-corrected chi connectivity index (χ0v) is 13.6. The molecule has 0 amide bonds. The average molecular weight is 387 g/mol. The Morgan fingerprint density at radius 1 is 1.55 bits per heavy atom. The summed E-state index contributed by atoms with van der Waals surface area (Å²) >= 11 is 9.02. The number of carboxylic acid groups (broad SMARTS) is 1. The molecular weight excluding hydrogens is 374 g/mol. The molecule has 0 aliphatic carbocycles. The third-order valence-electron chi connectivity index (χ3n) is 2.39. The first-order valence-corrected chi connectivity index (χ1v) is 8.12. The van der Waals surface area contributed by atoms with Gasteiger partial charge in [0.1, 0.15) is 10.9 Å². The van der Waals surface area contributed by atoms with E-state index in [2.05, 4.69) is 20.7 Å². The van der Waals surface area contributed by atoms with Crippen molar-refractivity contribution in [2.24, 2.45) is 0 Å². The third kappa shape index (κ3) is 4.71. The number of sulfonamides is 1. The maximum atomic E-state index is 12.1. The topological polar surface area (TPSA) is 92.7 Å². The molecule has 0 saturated heterocycles. The van der Waals surface area contributed by atoms with Crippen molar-refractivity contribution in [2.45, 2.75) is 17.4 Å². The smallest absolute Gasteiger partial charge is 0.321 e. The third-order valence-corrected chi connectivity index (χ3v) is 4.84. The molecule has 0 saturated carbocycles. The number of halogens is 2. The second kappa shape index (κ2) is 7.37. The second-order valence-corrected chi connectivity index (χ2v) is 6.87. The van der Waals surface area contributed by atoms with Crippen LogP contribution in [0.3, 0.4) is 0 Å². The number of carboxylic acids is 1. The highest BCUT2D eigenvalue weighted by Gasteiger charge is 2.26. The zero-order chi connectivity index (χ0) is 15.3. The first-order valence-electron chi connectivity index (χ1n) is 5.47. The molecular formula is C11H13BrClNO5S. The Morgan fingerprint density at radius 3 is 2.70 bits per heavy atom. The van der Waals surface area contributed by atoms with Gasteiger partial charge in [-0.2, -0.15) is 4.72 Å². The van der Waals surface area contributed by atoms with Crippen LogP contribution in [-0.2, 0) is 19.6 Å². The lowest BCUT2D eigenvalue weighted by atomic mass is 10.2. The minimum atomic E-state index is -4.02. The maximum absolute atomic E-state index is 12.1. The van der Waals surface area contributed by atoms with Gasteiger partial charge in [0, 0.05) is 18.2 Å². The maximum Gasteiger partial charge on any atom is 0.321 e. The second-order valence-electron chi connectivity index (χ2n) is 3.87. The SMILES string of the molecule is COCCC(NS(=O)(=O)c1ccc(Br)cc1Cl)C(=O)O. The van der Waals surface area contributed by atoms with Crippen LogP contribution in [-0.4, -0.2) is 39.3 Å². The van der Waals surface area contributed by atoms with Gasteiger partial charge < -0.3 is 9.84 Å². The molecule has 1 unspecified atom stereocenters. The highest BCUT2D eigenvalue weighted by atomic mass is 79.9. The number of hydrogen-bond acceptors (Lipinski definition) is 4. The number of benzene rings is 1. The summed E-state index contributed by atoms with van der Waals surface area (Å²) < 4.78 is 31.7. The first-order chi connectivity index (χ1) is 9.27. The van der Waals surface area contributed by atoms with E-state index < -0.39 is 22.0 Å². The van der Waals surface area contributed by atoms with Crippen LogP contribution in [0.2, 0.25) is 5.02 Å². The summed E-state index contributed by atoms with van der Waals surface area (Å²) in [6, 6.07) is 2.94. The van der Waals surface area contributed by atoms with Crippen LogP contribution in [0.1, 0.15) is 6.42 Å². The molecule has 1 atom stereocenters. The normalized spacial score (nSPS) is 13.2. The van der Waals surface area contributed by atoms with Crippen molar-refractivity contribution >= 4 is 43.5 Å². The molecule has 1 aromatic carbocycles. The number of methoxy groups -OCH3 is 1. The summed E-state index contributed by atoms with van der Waals surface area (Å²) in [6.07, 6.45) is 0.0131. The van der Waals surface area contributed by atoms with E-state index in [1.54, 1.807) is 0 Å². The van der Waals surface area contributed by atoms with E-state index in [-0.39, 0.29) is 22.9 Å². The number of ether oxygens (including phenoxy) is 1. The summed E-state index contributed by atoms with van der Waals surface area (Å²) in [4.78, 5) is 10.9. The van der Waals surface area contributed by atoms with Crippen LogP contribution < -0.4 is 4.72 Å². The summed E-state index contributed by atoms with van der Waals surface area (Å²) in [6.45, 7) is 0.119. The van der Waals surface area contributed by atoms with Crippen LogP contribution >= 0.6 is 27.5 Å². The largest absolute Gasteiger partial charge is 0.480 e. The van der Waals surface area contributed by atoms with Gasteiger partial charge in [0.2, 0.25) is 10.0 Å². The monoisotopic (exact) mass is 385 g/mol. The van der Waals surface area contributed by atoms with Gasteiger partial charge in [-0.05, 0) is 24.6 Å². The fraction of sp³-hybridized carbons (Fsp3) is 0.364. The summed E-state index contributed by atoms with van der Waals surface area (Å²) in [5, 5.41) is 9.00. The molecule has 6 nitrogen and oxygen atoms in total. The molecule has 9 heteroatoms. The molecule has 0 radical (unpaired) electrons. The van der Waals surface area contributed by atoms with Crippen LogP contribution in [0, 0.1) is 0 Å². The van der Waals surface area contributed by atoms with E-state index in [0.29, 0.717) is 4.47 Å². The number of carbonyl (C=O) groups is 1. The molecule has 0 heterocycles. The van der Waals surface area contributed by atoms with Crippen LogP contribution in [0.4, 0.5) is 0 Å². The van der Waals surface area contributed by atoms with Gasteiger partial charge in [0.15, 0.2) is 0 Å². The van der Waals surface area contributed by atoms with Gasteiger partial charge in [0.05, 0.1) is 5.02 Å². The van der Waals surface area contributed by atoms with Crippen molar-refractivity contribution in [1.29, 1.82) is 0 Å². The zero-order valence-electron chi connectivity index (χ0n) is 10.5. The lowest BCUT2D eigenvalue weighted by molar-refractivity contribution is -0.139. The molecule has 0 aliphatic heterocycles. The van der Waals surface area contributed by atoms with E-state index >= 15 is 0 Å². The minimum absolute atomic E-state index is 0.00255. The molecule has 0 aliphatic rings. The van der Waals surface area contributed by atoms with Crippen LogP contribution in [0.25, 0.3) is 0 Å². The molecule has 0 aromatic heterocycles. The van der Waals surface area contributed by atoms with E-state index in [4.69, 9.17) is 21.4 Å².